The van der Waals surface area contributed by atoms with Crippen LogP contribution < -0.4 is 4.74 Å². The topological polar surface area (TPSA) is 12.5 Å². The number of likely N-dealkylation sites (N-methyl/N-ethyl adjacent to an activating group) is 1. The molecule has 0 radical (unpaired) electrons. The first-order valence-corrected chi connectivity index (χ1v) is 7.71. The molecular formula is C19H25NO. The van der Waals surface area contributed by atoms with Crippen molar-refractivity contribution in [3.63, 3.8) is 0 Å². The second-order valence-corrected chi connectivity index (χ2v) is 5.34. The van der Waals surface area contributed by atoms with Crippen molar-refractivity contribution in [3.8, 4) is 5.75 Å². The summed E-state index contributed by atoms with van der Waals surface area (Å²) in [4.78, 5) is 2.25. The molecule has 0 aliphatic heterocycles. The summed E-state index contributed by atoms with van der Waals surface area (Å²) in [5.74, 6) is 1.00. The molecule has 0 aromatic heterocycles. The zero-order valence-corrected chi connectivity index (χ0v) is 13.1. The van der Waals surface area contributed by atoms with Crippen LogP contribution in [-0.4, -0.2) is 31.6 Å². The molecule has 0 unspecified atom stereocenters. The molecule has 0 amide bonds. The van der Waals surface area contributed by atoms with Gasteiger partial charge in [0.2, 0.25) is 0 Å². The minimum atomic E-state index is 0.732. The van der Waals surface area contributed by atoms with E-state index in [9.17, 15) is 0 Å². The molecule has 0 heterocycles. The predicted molar refractivity (Wildman–Crippen MR) is 89.8 cm³/mol. The molecular weight excluding hydrogens is 258 g/mol. The Labute approximate surface area is 128 Å². The van der Waals surface area contributed by atoms with Crippen LogP contribution in [0.5, 0.6) is 5.75 Å². The largest absolute Gasteiger partial charge is 0.492 e. The van der Waals surface area contributed by atoms with Gasteiger partial charge in [-0.3, -0.25) is 0 Å². The van der Waals surface area contributed by atoms with Gasteiger partial charge in [-0.25, -0.2) is 0 Å². The lowest BCUT2D eigenvalue weighted by molar-refractivity contribution is 0.242. The van der Waals surface area contributed by atoms with Gasteiger partial charge in [-0.2, -0.15) is 0 Å². The van der Waals surface area contributed by atoms with E-state index in [4.69, 9.17) is 4.74 Å². The first-order chi connectivity index (χ1) is 10.3. The number of ether oxygens (including phenoxy) is 1. The quantitative estimate of drug-likeness (QED) is 0.750. The summed E-state index contributed by atoms with van der Waals surface area (Å²) in [6, 6.07) is 8.34. The Morgan fingerprint density at radius 3 is 2.90 bits per heavy atom. The van der Waals surface area contributed by atoms with Crippen LogP contribution in [0.2, 0.25) is 0 Å². The van der Waals surface area contributed by atoms with E-state index in [-0.39, 0.29) is 0 Å². The van der Waals surface area contributed by atoms with Gasteiger partial charge in [-0.1, -0.05) is 55.5 Å². The maximum atomic E-state index is 5.97. The number of rotatable bonds is 7. The van der Waals surface area contributed by atoms with E-state index in [2.05, 4.69) is 67.5 Å². The Balaban J connectivity index is 1.99. The van der Waals surface area contributed by atoms with Crippen molar-refractivity contribution in [2.24, 2.45) is 0 Å². The fraction of sp³-hybridized carbons (Fsp3) is 0.368. The Kier molecular flexibility index (Phi) is 6.29. The highest BCUT2D eigenvalue weighted by Gasteiger charge is 2.05. The van der Waals surface area contributed by atoms with E-state index < -0.39 is 0 Å². The average Bonchev–Trinajstić information content (AvgIpc) is 2.77. The average molecular weight is 283 g/mol. The summed E-state index contributed by atoms with van der Waals surface area (Å²) in [6.07, 6.45) is 12.8. The van der Waals surface area contributed by atoms with E-state index in [0.29, 0.717) is 0 Å². The van der Waals surface area contributed by atoms with Crippen LogP contribution in [0.1, 0.15) is 18.9 Å². The van der Waals surface area contributed by atoms with Crippen LogP contribution in [0.4, 0.5) is 0 Å². The normalized spacial score (nSPS) is 14.1. The summed E-state index contributed by atoms with van der Waals surface area (Å²) in [5, 5.41) is 0. The van der Waals surface area contributed by atoms with Gasteiger partial charge in [-0.15, -0.1) is 0 Å². The van der Waals surface area contributed by atoms with Gasteiger partial charge in [0.05, 0.1) is 0 Å². The van der Waals surface area contributed by atoms with Crippen molar-refractivity contribution in [1.82, 2.24) is 4.90 Å². The number of para-hydroxylation sites is 1. The molecule has 0 fully saturated rings. The third-order valence-electron chi connectivity index (χ3n) is 3.69. The summed E-state index contributed by atoms with van der Waals surface area (Å²) in [5.41, 5.74) is 2.58. The van der Waals surface area contributed by atoms with Crippen LogP contribution in [-0.2, 0) is 6.42 Å². The highest BCUT2D eigenvalue weighted by Crippen LogP contribution is 2.22. The molecule has 0 bridgehead atoms. The molecule has 0 N–H and O–H groups in total. The maximum absolute atomic E-state index is 5.97. The molecule has 21 heavy (non-hydrogen) atoms. The number of nitrogens with zero attached hydrogens (tertiary/aromatic N) is 1. The zero-order chi connectivity index (χ0) is 14.9. The lowest BCUT2D eigenvalue weighted by Crippen LogP contribution is -2.23. The molecule has 112 valence electrons. The zero-order valence-electron chi connectivity index (χ0n) is 13.1. The van der Waals surface area contributed by atoms with Crippen LogP contribution >= 0.6 is 0 Å². The van der Waals surface area contributed by atoms with Gasteiger partial charge in [-0.05, 0) is 37.2 Å². The van der Waals surface area contributed by atoms with Crippen molar-refractivity contribution < 1.29 is 4.74 Å². The lowest BCUT2D eigenvalue weighted by atomic mass is 10.0. The molecule has 0 saturated heterocycles. The molecule has 1 aromatic rings. The third-order valence-corrected chi connectivity index (χ3v) is 3.69. The Morgan fingerprint density at radius 2 is 2.05 bits per heavy atom. The summed E-state index contributed by atoms with van der Waals surface area (Å²) in [7, 11) is 2.11. The fourth-order valence-electron chi connectivity index (χ4n) is 2.22. The van der Waals surface area contributed by atoms with E-state index in [0.717, 1.165) is 38.3 Å². The number of allylic oxidation sites excluding steroid dienone is 6. The summed E-state index contributed by atoms with van der Waals surface area (Å²) in [6.45, 7) is 4.90. The number of hydrogen-bond acceptors (Lipinski definition) is 2. The maximum Gasteiger partial charge on any atom is 0.122 e. The van der Waals surface area contributed by atoms with Gasteiger partial charge in [0.25, 0.3) is 0 Å². The Hall–Kier alpha value is -1.80. The van der Waals surface area contributed by atoms with E-state index in [1.807, 2.05) is 6.07 Å². The van der Waals surface area contributed by atoms with Gasteiger partial charge in [0.1, 0.15) is 12.4 Å². The second-order valence-electron chi connectivity index (χ2n) is 5.34. The summed E-state index contributed by atoms with van der Waals surface area (Å²) < 4.78 is 5.97. The highest BCUT2D eigenvalue weighted by molar-refractivity contribution is 5.40. The van der Waals surface area contributed by atoms with Gasteiger partial charge in [0, 0.05) is 13.0 Å². The minimum absolute atomic E-state index is 0.732. The predicted octanol–water partition coefficient (Wildman–Crippen LogP) is 4.00. The molecule has 1 aliphatic rings. The molecule has 2 heteroatoms. The Bertz CT molecular complexity index is 528. The molecule has 0 saturated carbocycles. The molecule has 0 atom stereocenters. The van der Waals surface area contributed by atoms with E-state index >= 15 is 0 Å². The minimum Gasteiger partial charge on any atom is -0.492 e. The first-order valence-electron chi connectivity index (χ1n) is 7.71. The van der Waals surface area contributed by atoms with E-state index in [1.54, 1.807) is 0 Å². The first kappa shape index (κ1) is 15.6. The van der Waals surface area contributed by atoms with Gasteiger partial charge in [0.15, 0.2) is 0 Å². The van der Waals surface area contributed by atoms with Crippen molar-refractivity contribution in [2.45, 2.75) is 19.8 Å². The van der Waals surface area contributed by atoms with Crippen LogP contribution in [0, 0.1) is 0 Å². The highest BCUT2D eigenvalue weighted by atomic mass is 16.5. The van der Waals surface area contributed by atoms with Gasteiger partial charge >= 0.3 is 0 Å². The molecule has 1 aromatic carbocycles. The lowest BCUT2D eigenvalue weighted by Gasteiger charge is -2.16. The fourth-order valence-corrected chi connectivity index (χ4v) is 2.22. The van der Waals surface area contributed by atoms with E-state index in [1.165, 1.54) is 11.1 Å². The van der Waals surface area contributed by atoms with Crippen LogP contribution in [0.15, 0.2) is 60.2 Å². The van der Waals surface area contributed by atoms with Crippen molar-refractivity contribution in [3.05, 3.63) is 65.8 Å². The molecule has 2 nitrogen and oxygen atoms in total. The van der Waals surface area contributed by atoms with Gasteiger partial charge < -0.3 is 9.64 Å². The van der Waals surface area contributed by atoms with Crippen molar-refractivity contribution in [1.29, 1.82) is 0 Å². The monoisotopic (exact) mass is 283 g/mol. The number of benzene rings is 1. The molecule has 1 aliphatic carbocycles. The van der Waals surface area contributed by atoms with Crippen molar-refractivity contribution >= 4 is 0 Å². The van der Waals surface area contributed by atoms with Crippen LogP contribution in [0.25, 0.3) is 0 Å². The molecule has 2 rings (SSSR count). The summed E-state index contributed by atoms with van der Waals surface area (Å²) >= 11 is 0. The third kappa shape index (κ3) is 5.24. The standard InChI is InChI=1S/C19H25NO/c1-3-20(2)14-15-21-19-13-9-8-12-18(19)16-17-10-6-4-5-7-11-17/h4,6-13H,3,5,14-16H2,1-2H3. The second kappa shape index (κ2) is 8.48. The van der Waals surface area contributed by atoms with Crippen molar-refractivity contribution in [2.75, 3.05) is 26.7 Å². The molecule has 0 spiro atoms. The van der Waals surface area contributed by atoms with Crippen LogP contribution in [0.3, 0.4) is 0 Å². The smallest absolute Gasteiger partial charge is 0.122 e. The number of hydrogen-bond donors (Lipinski definition) is 0. The SMILES string of the molecule is CCN(C)CCOc1ccccc1CC1=CC=CCC=C1. The Morgan fingerprint density at radius 1 is 1.19 bits per heavy atom.